The average Bonchev–Trinajstić information content (AvgIpc) is 2.56. The molecule has 1 fully saturated rings. The van der Waals surface area contributed by atoms with E-state index in [1.807, 2.05) is 6.08 Å². The summed E-state index contributed by atoms with van der Waals surface area (Å²) >= 11 is 6.78. The summed E-state index contributed by atoms with van der Waals surface area (Å²) in [6, 6.07) is 14.3. The number of hydrogen-bond donors (Lipinski definition) is 0. The lowest BCUT2D eigenvalue weighted by Gasteiger charge is -2.16. The molecule has 1 aromatic rings. The Morgan fingerprint density at radius 1 is 1.38 bits per heavy atom. The van der Waals surface area contributed by atoms with Gasteiger partial charge in [-0.15, -0.1) is 6.58 Å². The van der Waals surface area contributed by atoms with E-state index < -0.39 is 7.38 Å². The van der Waals surface area contributed by atoms with Crippen LogP contribution in [-0.4, -0.2) is 7.38 Å². The molecule has 1 unspecified atom stereocenters. The molecular formula is C14H19ClSi. The summed E-state index contributed by atoms with van der Waals surface area (Å²) in [6.45, 7) is 6.19. The van der Waals surface area contributed by atoms with E-state index >= 15 is 0 Å². The van der Waals surface area contributed by atoms with Crippen molar-refractivity contribution >= 4 is 18.5 Å². The van der Waals surface area contributed by atoms with Crippen molar-refractivity contribution in [3.05, 3.63) is 48.6 Å². The summed E-state index contributed by atoms with van der Waals surface area (Å²) in [5.74, 6) is 1.40. The van der Waals surface area contributed by atoms with Crippen LogP contribution in [0.4, 0.5) is 0 Å². The summed E-state index contributed by atoms with van der Waals surface area (Å²) in [7, 11) is -1.54. The highest BCUT2D eigenvalue weighted by Gasteiger charge is 2.43. The molecular weight excluding hydrogens is 232 g/mol. The predicted molar refractivity (Wildman–Crippen MR) is 74.6 cm³/mol. The molecule has 2 heteroatoms. The molecule has 2 rings (SSSR count). The maximum Gasteiger partial charge on any atom is 0.161 e. The molecule has 0 aromatic heterocycles. The second-order valence-corrected chi connectivity index (χ2v) is 11.0. The Bertz CT molecular complexity index is 362. The van der Waals surface area contributed by atoms with Gasteiger partial charge in [0.15, 0.2) is 7.38 Å². The Hall–Kier alpha value is -0.533. The lowest BCUT2D eigenvalue weighted by molar-refractivity contribution is 0.565. The predicted octanol–water partition coefficient (Wildman–Crippen LogP) is 4.79. The van der Waals surface area contributed by atoms with Crippen LogP contribution in [0.2, 0.25) is 18.1 Å². The molecule has 0 radical (unpaired) electrons. The van der Waals surface area contributed by atoms with E-state index in [2.05, 4.69) is 43.8 Å². The molecule has 86 valence electrons. The zero-order valence-electron chi connectivity index (χ0n) is 9.83. The summed E-state index contributed by atoms with van der Waals surface area (Å²) in [5.41, 5.74) is 1.47. The van der Waals surface area contributed by atoms with Gasteiger partial charge in [0, 0.05) is 0 Å². The third kappa shape index (κ3) is 2.41. The van der Waals surface area contributed by atoms with Crippen LogP contribution in [0.1, 0.15) is 18.4 Å². The standard InChI is InChI=1S/C14H19ClSi/c1-3-9-16(15)10-12(2)14(11-16)13-7-5-4-6-8-13/h3-8,12,14H,1,9-11H2,2H3/t12-,14-,16?/m1/s1. The molecule has 0 aliphatic carbocycles. The minimum Gasteiger partial charge on any atom is -0.167 e. The first-order chi connectivity index (χ1) is 7.64. The van der Waals surface area contributed by atoms with Crippen molar-refractivity contribution < 1.29 is 0 Å². The summed E-state index contributed by atoms with van der Waals surface area (Å²) in [4.78, 5) is 0. The lowest BCUT2D eigenvalue weighted by atomic mass is 9.91. The van der Waals surface area contributed by atoms with Crippen LogP contribution in [0.25, 0.3) is 0 Å². The Labute approximate surface area is 104 Å². The maximum absolute atomic E-state index is 6.78. The third-order valence-electron chi connectivity index (χ3n) is 3.70. The van der Waals surface area contributed by atoms with E-state index in [0.717, 1.165) is 12.0 Å². The van der Waals surface area contributed by atoms with Gasteiger partial charge in [0.25, 0.3) is 0 Å². The van der Waals surface area contributed by atoms with Crippen LogP contribution in [0.3, 0.4) is 0 Å². The van der Waals surface area contributed by atoms with Crippen LogP contribution in [-0.2, 0) is 0 Å². The quantitative estimate of drug-likeness (QED) is 0.411. The SMILES string of the molecule is C=CC[Si]1(Cl)C[C@@H](C)[C@H](c2ccccc2)C1. The normalized spacial score (nSPS) is 33.9. The molecule has 0 N–H and O–H groups in total. The second-order valence-electron chi connectivity index (χ2n) is 5.05. The van der Waals surface area contributed by atoms with Crippen LogP contribution >= 0.6 is 11.1 Å². The highest BCUT2D eigenvalue weighted by atomic mass is 35.6. The molecule has 1 heterocycles. The topological polar surface area (TPSA) is 0 Å². The minimum absolute atomic E-state index is 0.672. The molecule has 3 atom stereocenters. The van der Waals surface area contributed by atoms with Crippen molar-refractivity contribution in [3.8, 4) is 0 Å². The van der Waals surface area contributed by atoms with E-state index in [0.29, 0.717) is 5.92 Å². The van der Waals surface area contributed by atoms with Crippen LogP contribution in [0.15, 0.2) is 43.0 Å². The third-order valence-corrected chi connectivity index (χ3v) is 8.65. The zero-order valence-corrected chi connectivity index (χ0v) is 11.6. The number of halogens is 1. The number of hydrogen-bond acceptors (Lipinski definition) is 0. The molecule has 1 aliphatic heterocycles. The van der Waals surface area contributed by atoms with Gasteiger partial charge in [-0.1, -0.05) is 43.3 Å². The molecule has 0 spiro atoms. The second kappa shape index (κ2) is 4.76. The van der Waals surface area contributed by atoms with Gasteiger partial charge < -0.3 is 0 Å². The molecule has 16 heavy (non-hydrogen) atoms. The summed E-state index contributed by atoms with van der Waals surface area (Å²) < 4.78 is 0. The molecule has 1 aliphatic rings. The first-order valence-corrected chi connectivity index (χ1v) is 9.63. The van der Waals surface area contributed by atoms with Gasteiger partial charge in [-0.3, -0.25) is 0 Å². The van der Waals surface area contributed by atoms with Crippen LogP contribution < -0.4 is 0 Å². The first kappa shape index (κ1) is 11.9. The molecule has 1 saturated heterocycles. The summed E-state index contributed by atoms with van der Waals surface area (Å²) in [5, 5.41) is 0. The van der Waals surface area contributed by atoms with Crippen molar-refractivity contribution in [2.45, 2.75) is 31.0 Å². The van der Waals surface area contributed by atoms with E-state index in [9.17, 15) is 0 Å². The monoisotopic (exact) mass is 250 g/mol. The fourth-order valence-corrected chi connectivity index (χ4v) is 8.41. The lowest BCUT2D eigenvalue weighted by Crippen LogP contribution is -2.21. The Morgan fingerprint density at radius 3 is 2.69 bits per heavy atom. The molecule has 0 saturated carbocycles. The average molecular weight is 251 g/mol. The van der Waals surface area contributed by atoms with Gasteiger partial charge in [0.1, 0.15) is 0 Å². The highest BCUT2D eigenvalue weighted by molar-refractivity contribution is 7.21. The van der Waals surface area contributed by atoms with E-state index in [1.165, 1.54) is 17.7 Å². The van der Waals surface area contributed by atoms with Gasteiger partial charge in [0.05, 0.1) is 0 Å². The largest absolute Gasteiger partial charge is 0.167 e. The highest BCUT2D eigenvalue weighted by Crippen LogP contribution is 2.49. The number of rotatable bonds is 3. The molecule has 0 nitrogen and oxygen atoms in total. The van der Waals surface area contributed by atoms with Gasteiger partial charge in [-0.05, 0) is 35.5 Å². The van der Waals surface area contributed by atoms with Crippen molar-refractivity contribution in [1.29, 1.82) is 0 Å². The summed E-state index contributed by atoms with van der Waals surface area (Å²) in [6.07, 6.45) is 2.01. The van der Waals surface area contributed by atoms with Gasteiger partial charge in [-0.25, -0.2) is 0 Å². The molecule has 0 amide bonds. The molecule has 1 aromatic carbocycles. The van der Waals surface area contributed by atoms with Gasteiger partial charge >= 0.3 is 0 Å². The Kier molecular flexibility index (Phi) is 3.55. The molecule has 0 bridgehead atoms. The van der Waals surface area contributed by atoms with E-state index in [4.69, 9.17) is 11.1 Å². The first-order valence-electron chi connectivity index (χ1n) is 5.99. The van der Waals surface area contributed by atoms with Crippen molar-refractivity contribution in [2.24, 2.45) is 5.92 Å². The number of allylic oxidation sites excluding steroid dienone is 1. The zero-order chi connectivity index (χ0) is 11.6. The fourth-order valence-electron chi connectivity index (χ4n) is 2.97. The van der Waals surface area contributed by atoms with Crippen molar-refractivity contribution in [3.63, 3.8) is 0 Å². The Balaban J connectivity index is 2.17. The Morgan fingerprint density at radius 2 is 2.06 bits per heavy atom. The van der Waals surface area contributed by atoms with Gasteiger partial charge in [0.2, 0.25) is 0 Å². The number of benzene rings is 1. The van der Waals surface area contributed by atoms with Crippen LogP contribution in [0.5, 0.6) is 0 Å². The fraction of sp³-hybridized carbons (Fsp3) is 0.429. The van der Waals surface area contributed by atoms with E-state index in [-0.39, 0.29) is 0 Å². The smallest absolute Gasteiger partial charge is 0.161 e. The van der Waals surface area contributed by atoms with Crippen molar-refractivity contribution in [1.82, 2.24) is 0 Å². The van der Waals surface area contributed by atoms with E-state index in [1.54, 1.807) is 0 Å². The maximum atomic E-state index is 6.78. The van der Waals surface area contributed by atoms with Gasteiger partial charge in [-0.2, -0.15) is 11.1 Å². The van der Waals surface area contributed by atoms with Crippen molar-refractivity contribution in [2.75, 3.05) is 0 Å². The minimum atomic E-state index is -1.54. The van der Waals surface area contributed by atoms with Crippen LogP contribution in [0, 0.1) is 5.92 Å².